The van der Waals surface area contributed by atoms with Gasteiger partial charge in [0.2, 0.25) is 0 Å². The highest BCUT2D eigenvalue weighted by molar-refractivity contribution is 5.92. The minimum Gasteiger partial charge on any atom is -0.488 e. The normalized spacial score (nSPS) is 11.8. The third kappa shape index (κ3) is 5.26. The molecule has 0 saturated carbocycles. The van der Waals surface area contributed by atoms with E-state index in [0.717, 1.165) is 12.1 Å². The van der Waals surface area contributed by atoms with Crippen LogP contribution in [0.1, 0.15) is 41.1 Å². The number of carbonyl (C=O) groups excluding carboxylic acids is 1. The van der Waals surface area contributed by atoms with E-state index < -0.39 is 34.0 Å². The number of ether oxygens (including phenoxy) is 1. The Labute approximate surface area is 181 Å². The van der Waals surface area contributed by atoms with Gasteiger partial charge in [-0.2, -0.15) is 13.2 Å². The second-order valence-corrected chi connectivity index (χ2v) is 7.45. The first-order valence-corrected chi connectivity index (χ1v) is 9.42. The van der Waals surface area contributed by atoms with Crippen molar-refractivity contribution >= 4 is 11.8 Å². The Kier molecular flexibility index (Phi) is 6.24. The second kappa shape index (κ2) is 8.74. The number of furan rings is 1. The highest BCUT2D eigenvalue weighted by Crippen LogP contribution is 2.36. The van der Waals surface area contributed by atoms with Gasteiger partial charge in [-0.25, -0.2) is 0 Å². The molecule has 0 aliphatic rings. The van der Waals surface area contributed by atoms with Crippen molar-refractivity contribution in [1.82, 2.24) is 5.32 Å². The van der Waals surface area contributed by atoms with Gasteiger partial charge in [-0.05, 0) is 43.2 Å². The zero-order valence-corrected chi connectivity index (χ0v) is 17.1. The van der Waals surface area contributed by atoms with E-state index in [1.807, 2.05) is 0 Å². The molecule has 1 heterocycles. The van der Waals surface area contributed by atoms with Gasteiger partial charge in [0.1, 0.15) is 17.3 Å². The van der Waals surface area contributed by atoms with Gasteiger partial charge in [0.05, 0.1) is 17.2 Å². The van der Waals surface area contributed by atoms with E-state index in [0.29, 0.717) is 11.1 Å². The number of nitrogens with one attached hydrogen (secondary N) is 1. The van der Waals surface area contributed by atoms with Gasteiger partial charge in [0.15, 0.2) is 5.76 Å². The molecular formula is C22H19F3N2O5. The molecule has 0 saturated heterocycles. The summed E-state index contributed by atoms with van der Waals surface area (Å²) >= 11 is 0. The molecule has 2 aromatic carbocycles. The van der Waals surface area contributed by atoms with Crippen LogP contribution in [0.4, 0.5) is 19.1 Å². The second-order valence-electron chi connectivity index (χ2n) is 7.45. The van der Waals surface area contributed by atoms with E-state index in [1.165, 1.54) is 24.3 Å². The molecule has 10 heteroatoms. The molecule has 3 aromatic rings. The third-order valence-corrected chi connectivity index (χ3v) is 4.68. The van der Waals surface area contributed by atoms with Crippen LogP contribution in [0.15, 0.2) is 65.1 Å². The third-order valence-electron chi connectivity index (χ3n) is 4.68. The van der Waals surface area contributed by atoms with Crippen LogP contribution >= 0.6 is 0 Å². The molecule has 0 spiro atoms. The summed E-state index contributed by atoms with van der Waals surface area (Å²) in [5, 5.41) is 13.4. The average molecular weight is 448 g/mol. The number of carbonyl (C=O) groups is 1. The topological polar surface area (TPSA) is 94.6 Å². The highest BCUT2D eigenvalue weighted by atomic mass is 19.4. The Balaban J connectivity index is 1.67. The van der Waals surface area contributed by atoms with E-state index >= 15 is 0 Å². The number of nitro groups is 1. The Bertz CT molecular complexity index is 1120. The minimum atomic E-state index is -4.52. The van der Waals surface area contributed by atoms with Crippen LogP contribution < -0.4 is 10.1 Å². The number of benzene rings is 2. The number of hydrogen-bond acceptors (Lipinski definition) is 5. The largest absolute Gasteiger partial charge is 0.488 e. The van der Waals surface area contributed by atoms with Gasteiger partial charge in [0, 0.05) is 0 Å². The minimum absolute atomic E-state index is 0.0732. The molecule has 0 atom stereocenters. The van der Waals surface area contributed by atoms with Crippen LogP contribution in [0.2, 0.25) is 0 Å². The summed E-state index contributed by atoms with van der Waals surface area (Å²) in [5.74, 6) is -1.62. The molecule has 0 fully saturated rings. The lowest BCUT2D eigenvalue weighted by Gasteiger charge is -2.26. The van der Waals surface area contributed by atoms with Crippen LogP contribution in [0.5, 0.6) is 5.75 Å². The maximum atomic E-state index is 13.1. The molecule has 7 nitrogen and oxygen atoms in total. The lowest BCUT2D eigenvalue weighted by Crippen LogP contribution is -2.40. The van der Waals surface area contributed by atoms with Crippen molar-refractivity contribution in [2.24, 2.45) is 0 Å². The van der Waals surface area contributed by atoms with E-state index in [9.17, 15) is 28.1 Å². The van der Waals surface area contributed by atoms with Gasteiger partial charge in [-0.3, -0.25) is 14.9 Å². The number of alkyl halides is 3. The number of rotatable bonds is 7. The SMILES string of the molecule is CC(C)(NC(=O)c1ccc([N+](=O)[O-])o1)c1ccc(COc2ccccc2C(F)(F)F)cc1. The van der Waals surface area contributed by atoms with Crippen LogP contribution in [-0.2, 0) is 18.3 Å². The van der Waals surface area contributed by atoms with Crippen molar-refractivity contribution in [2.75, 3.05) is 0 Å². The average Bonchev–Trinajstić information content (AvgIpc) is 3.23. The predicted molar refractivity (Wildman–Crippen MR) is 108 cm³/mol. The van der Waals surface area contributed by atoms with Crippen molar-refractivity contribution in [3.63, 3.8) is 0 Å². The summed E-state index contributed by atoms with van der Waals surface area (Å²) in [6, 6.07) is 14.0. The van der Waals surface area contributed by atoms with Gasteiger partial charge >= 0.3 is 12.1 Å². The molecule has 168 valence electrons. The summed E-state index contributed by atoms with van der Waals surface area (Å²) in [5.41, 5.74) is -0.375. The fraction of sp³-hybridized carbons (Fsp3) is 0.227. The molecular weight excluding hydrogens is 429 g/mol. The number of para-hydroxylation sites is 1. The number of halogens is 3. The molecule has 1 N–H and O–H groups in total. The summed E-state index contributed by atoms with van der Waals surface area (Å²) < 4.78 is 49.5. The maximum absolute atomic E-state index is 13.1. The van der Waals surface area contributed by atoms with Crippen molar-refractivity contribution in [1.29, 1.82) is 0 Å². The maximum Gasteiger partial charge on any atom is 0.433 e. The number of hydrogen-bond donors (Lipinski definition) is 1. The van der Waals surface area contributed by atoms with Gasteiger partial charge < -0.3 is 14.5 Å². The molecule has 0 aliphatic heterocycles. The van der Waals surface area contributed by atoms with Crippen LogP contribution in [0, 0.1) is 10.1 Å². The van der Waals surface area contributed by atoms with Gasteiger partial charge in [-0.15, -0.1) is 0 Å². The van der Waals surface area contributed by atoms with Crippen molar-refractivity contribution in [2.45, 2.75) is 32.2 Å². The van der Waals surface area contributed by atoms with E-state index in [-0.39, 0.29) is 18.1 Å². The first-order chi connectivity index (χ1) is 15.0. The van der Waals surface area contributed by atoms with Crippen LogP contribution in [-0.4, -0.2) is 10.8 Å². The molecule has 1 amide bonds. The lowest BCUT2D eigenvalue weighted by molar-refractivity contribution is -0.402. The van der Waals surface area contributed by atoms with Crippen molar-refractivity contribution in [3.8, 4) is 5.75 Å². The highest BCUT2D eigenvalue weighted by Gasteiger charge is 2.34. The standard InChI is InChI=1S/C22H19F3N2O5/c1-21(2,26-20(28)18-11-12-19(32-18)27(29)30)15-9-7-14(8-10-15)13-31-17-6-4-3-5-16(17)22(23,24)25/h3-12H,13H2,1-2H3,(H,26,28). The molecule has 0 radical (unpaired) electrons. The van der Waals surface area contributed by atoms with Gasteiger partial charge in [-0.1, -0.05) is 36.4 Å². The first kappa shape index (κ1) is 22.9. The quantitative estimate of drug-likeness (QED) is 0.383. The molecule has 0 bridgehead atoms. The summed E-state index contributed by atoms with van der Waals surface area (Å²) in [7, 11) is 0. The van der Waals surface area contributed by atoms with Crippen molar-refractivity contribution < 1.29 is 32.0 Å². The van der Waals surface area contributed by atoms with E-state index in [2.05, 4.69) is 5.32 Å². The Morgan fingerprint density at radius 3 is 2.31 bits per heavy atom. The first-order valence-electron chi connectivity index (χ1n) is 9.42. The molecule has 1 aromatic heterocycles. The molecule has 32 heavy (non-hydrogen) atoms. The van der Waals surface area contributed by atoms with Gasteiger partial charge in [0.25, 0.3) is 5.91 Å². The molecule has 0 unspecified atom stereocenters. The summed E-state index contributed by atoms with van der Waals surface area (Å²) in [4.78, 5) is 22.3. The van der Waals surface area contributed by atoms with Crippen LogP contribution in [0.3, 0.4) is 0 Å². The van der Waals surface area contributed by atoms with E-state index in [4.69, 9.17) is 9.15 Å². The summed E-state index contributed by atoms with van der Waals surface area (Å²) in [6.07, 6.45) is -4.52. The Morgan fingerprint density at radius 2 is 1.72 bits per heavy atom. The lowest BCUT2D eigenvalue weighted by atomic mass is 9.93. The van der Waals surface area contributed by atoms with Crippen LogP contribution in [0.25, 0.3) is 0 Å². The fourth-order valence-corrected chi connectivity index (χ4v) is 2.97. The smallest absolute Gasteiger partial charge is 0.433 e. The monoisotopic (exact) mass is 448 g/mol. The zero-order chi connectivity index (χ0) is 23.5. The van der Waals surface area contributed by atoms with Crippen molar-refractivity contribution in [3.05, 3.63) is 93.2 Å². The summed E-state index contributed by atoms with van der Waals surface area (Å²) in [6.45, 7) is 3.39. The molecule has 0 aliphatic carbocycles. The van der Waals surface area contributed by atoms with E-state index in [1.54, 1.807) is 38.1 Å². The Hall–Kier alpha value is -3.82. The number of nitrogens with zero attached hydrogens (tertiary/aromatic N) is 1. The fourth-order valence-electron chi connectivity index (χ4n) is 2.97. The molecule has 3 rings (SSSR count). The predicted octanol–water partition coefficient (Wildman–Crippen LogP) is 5.45. The number of amides is 1. The Morgan fingerprint density at radius 1 is 1.06 bits per heavy atom. The zero-order valence-electron chi connectivity index (χ0n) is 17.1.